The van der Waals surface area contributed by atoms with Crippen molar-refractivity contribution >= 4 is 75.3 Å². The summed E-state index contributed by atoms with van der Waals surface area (Å²) in [6.45, 7) is 0. The fourth-order valence-electron chi connectivity index (χ4n) is 1.47. The Hall–Kier alpha value is -0.110. The molecule has 0 saturated heterocycles. The van der Waals surface area contributed by atoms with Gasteiger partial charge in [-0.15, -0.1) is 0 Å². The zero-order chi connectivity index (χ0) is 13.6. The summed E-state index contributed by atoms with van der Waals surface area (Å²) in [6, 6.07) is 2.73. The molecule has 0 spiro atoms. The van der Waals surface area contributed by atoms with Crippen LogP contribution in [0.25, 0.3) is 0 Å². The highest BCUT2D eigenvalue weighted by Gasteiger charge is 2.30. The molecule has 0 N–H and O–H groups in total. The number of allylic oxidation sites excluding steroid dienone is 2. The van der Waals surface area contributed by atoms with Gasteiger partial charge in [0.15, 0.2) is 0 Å². The summed E-state index contributed by atoms with van der Waals surface area (Å²) >= 11 is 12.3. The molecular formula is C11H2Br4O3. The smallest absolute Gasteiger partial charge is 0.206 e. The van der Waals surface area contributed by atoms with E-state index in [1.165, 1.54) is 12.1 Å². The van der Waals surface area contributed by atoms with Crippen LogP contribution in [0.15, 0.2) is 34.8 Å². The lowest BCUT2D eigenvalue weighted by Gasteiger charge is -2.12. The summed E-state index contributed by atoms with van der Waals surface area (Å²) in [7, 11) is 0. The molecule has 2 rings (SSSR count). The van der Waals surface area contributed by atoms with Crippen molar-refractivity contribution in [1.82, 2.24) is 0 Å². The molecule has 0 saturated carbocycles. The fourth-order valence-corrected chi connectivity index (χ4v) is 3.40. The number of hydrogen-bond acceptors (Lipinski definition) is 3. The Balaban J connectivity index is 2.93. The molecule has 1 aromatic rings. The fraction of sp³-hybridized carbons (Fsp3) is 0. The molecule has 0 unspecified atom stereocenters. The third kappa shape index (κ3) is 2.21. The molecule has 0 radical (unpaired) electrons. The lowest BCUT2D eigenvalue weighted by molar-refractivity contribution is 0.0989. The molecule has 1 aliphatic carbocycles. The van der Waals surface area contributed by atoms with Crippen LogP contribution >= 0.6 is 63.7 Å². The Morgan fingerprint density at radius 1 is 0.667 bits per heavy atom. The topological polar surface area (TPSA) is 51.2 Å². The third-order valence-electron chi connectivity index (χ3n) is 2.35. The van der Waals surface area contributed by atoms with E-state index in [2.05, 4.69) is 63.7 Å². The number of carbonyl (C=O) groups excluding carboxylic acids is 2. The molecular weight excluding hydrogens is 500 g/mol. The summed E-state index contributed by atoms with van der Waals surface area (Å²) in [6.07, 6.45) is 0. The van der Waals surface area contributed by atoms with Gasteiger partial charge in [0, 0.05) is 11.1 Å². The summed E-state index contributed by atoms with van der Waals surface area (Å²) in [4.78, 5) is 35.9. The van der Waals surface area contributed by atoms with Gasteiger partial charge in [0.1, 0.15) is 0 Å². The highest BCUT2D eigenvalue weighted by molar-refractivity contribution is 9.14. The maximum absolute atomic E-state index is 12.1. The summed E-state index contributed by atoms with van der Waals surface area (Å²) in [5.41, 5.74) is 0.0479. The summed E-state index contributed by atoms with van der Waals surface area (Å²) < 4.78 is 0.744. The quantitative estimate of drug-likeness (QED) is 0.541. The molecule has 0 heterocycles. The van der Waals surface area contributed by atoms with Gasteiger partial charge >= 0.3 is 0 Å². The zero-order valence-corrected chi connectivity index (χ0v) is 14.7. The molecule has 18 heavy (non-hydrogen) atoms. The van der Waals surface area contributed by atoms with E-state index in [0.717, 1.165) is 0 Å². The Labute approximate surface area is 135 Å². The highest BCUT2D eigenvalue weighted by Crippen LogP contribution is 2.33. The molecule has 0 fully saturated rings. The van der Waals surface area contributed by atoms with Crippen molar-refractivity contribution in [1.29, 1.82) is 0 Å². The van der Waals surface area contributed by atoms with Gasteiger partial charge < -0.3 is 0 Å². The predicted octanol–water partition coefficient (Wildman–Crippen LogP) is 3.95. The van der Waals surface area contributed by atoms with E-state index >= 15 is 0 Å². The van der Waals surface area contributed by atoms with E-state index in [-0.39, 0.29) is 46.0 Å². The lowest BCUT2D eigenvalue weighted by atomic mass is 9.97. The maximum atomic E-state index is 12.1. The van der Waals surface area contributed by atoms with Gasteiger partial charge in [0.2, 0.25) is 17.0 Å². The van der Waals surface area contributed by atoms with Crippen LogP contribution in [-0.4, -0.2) is 11.6 Å². The number of fused-ring (bicyclic) bond motifs is 1. The first kappa shape index (κ1) is 14.3. The molecule has 0 bridgehead atoms. The first-order chi connectivity index (χ1) is 8.34. The van der Waals surface area contributed by atoms with Gasteiger partial charge in [0.05, 0.1) is 17.9 Å². The largest absolute Gasteiger partial charge is 0.288 e. The number of hydrogen-bond donors (Lipinski definition) is 0. The number of ketones is 2. The van der Waals surface area contributed by atoms with Gasteiger partial charge in [-0.25, -0.2) is 0 Å². The Morgan fingerprint density at radius 3 is 1.33 bits per heavy atom. The molecule has 92 valence electrons. The molecule has 1 aromatic carbocycles. The van der Waals surface area contributed by atoms with Crippen molar-refractivity contribution in [3.8, 4) is 0 Å². The first-order valence-electron chi connectivity index (χ1n) is 4.52. The minimum atomic E-state index is -0.348. The SMILES string of the molecule is O=C1C(Br)=C(Br)C(=O)c2cc(Br)c(=O)c(Br)cc21. The van der Waals surface area contributed by atoms with Crippen LogP contribution in [-0.2, 0) is 0 Å². The monoisotopic (exact) mass is 498 g/mol. The van der Waals surface area contributed by atoms with E-state index in [9.17, 15) is 14.4 Å². The zero-order valence-electron chi connectivity index (χ0n) is 8.39. The molecule has 0 amide bonds. The average molecular weight is 502 g/mol. The Bertz CT molecular complexity index is 636. The summed E-state index contributed by atoms with van der Waals surface area (Å²) in [5, 5.41) is 0. The van der Waals surface area contributed by atoms with Crippen molar-refractivity contribution in [2.24, 2.45) is 0 Å². The van der Waals surface area contributed by atoms with Gasteiger partial charge in [-0.1, -0.05) is 0 Å². The average Bonchev–Trinajstić information content (AvgIpc) is 2.45. The molecule has 0 aromatic heterocycles. The lowest BCUT2D eigenvalue weighted by Crippen LogP contribution is -2.16. The normalized spacial score (nSPS) is 14.9. The number of carbonyl (C=O) groups is 2. The van der Waals surface area contributed by atoms with E-state index in [4.69, 9.17) is 0 Å². The Morgan fingerprint density at radius 2 is 1.00 bits per heavy atom. The van der Waals surface area contributed by atoms with E-state index in [0.29, 0.717) is 0 Å². The van der Waals surface area contributed by atoms with Gasteiger partial charge in [-0.05, 0) is 75.9 Å². The van der Waals surface area contributed by atoms with Gasteiger partial charge in [0.25, 0.3) is 0 Å². The van der Waals surface area contributed by atoms with Crippen LogP contribution in [0.3, 0.4) is 0 Å². The van der Waals surface area contributed by atoms with Crippen LogP contribution in [0.4, 0.5) is 0 Å². The third-order valence-corrected chi connectivity index (χ3v) is 5.57. The number of rotatable bonds is 0. The molecule has 7 heteroatoms. The minimum Gasteiger partial charge on any atom is -0.288 e. The molecule has 3 nitrogen and oxygen atoms in total. The van der Waals surface area contributed by atoms with Crippen LogP contribution in [0, 0.1) is 0 Å². The van der Waals surface area contributed by atoms with Gasteiger partial charge in [-0.2, -0.15) is 0 Å². The first-order valence-corrected chi connectivity index (χ1v) is 7.69. The number of halogens is 4. The van der Waals surface area contributed by atoms with Crippen molar-refractivity contribution in [3.63, 3.8) is 0 Å². The maximum Gasteiger partial charge on any atom is 0.206 e. The van der Waals surface area contributed by atoms with E-state index in [1.54, 1.807) is 0 Å². The number of Topliss-reactive ketones (excluding diaryl/α,β-unsaturated/α-hetero) is 2. The highest BCUT2D eigenvalue weighted by atomic mass is 79.9. The van der Waals surface area contributed by atoms with Crippen LogP contribution in [0.5, 0.6) is 0 Å². The van der Waals surface area contributed by atoms with Crippen molar-refractivity contribution < 1.29 is 9.59 Å². The Kier molecular flexibility index (Phi) is 4.06. The van der Waals surface area contributed by atoms with E-state index < -0.39 is 0 Å². The molecule has 0 atom stereocenters. The van der Waals surface area contributed by atoms with Crippen LogP contribution < -0.4 is 5.43 Å². The van der Waals surface area contributed by atoms with Crippen molar-refractivity contribution in [2.75, 3.05) is 0 Å². The molecule has 0 aliphatic heterocycles. The van der Waals surface area contributed by atoms with Gasteiger partial charge in [-0.3, -0.25) is 14.4 Å². The van der Waals surface area contributed by atoms with E-state index in [1.807, 2.05) is 0 Å². The second kappa shape index (κ2) is 5.11. The van der Waals surface area contributed by atoms with Crippen molar-refractivity contribution in [2.45, 2.75) is 0 Å². The standard InChI is InChI=1S/C11H2Br4O3/c12-5-1-3-4(2-6(13)11(5)18)10(17)8(15)7(14)9(3)16/h1-2H. The van der Waals surface area contributed by atoms with Crippen LogP contribution in [0.2, 0.25) is 0 Å². The second-order valence-corrected chi connectivity index (χ2v) is 6.72. The van der Waals surface area contributed by atoms with Crippen LogP contribution in [0.1, 0.15) is 20.7 Å². The van der Waals surface area contributed by atoms with Crippen molar-refractivity contribution in [3.05, 3.63) is 51.4 Å². The predicted molar refractivity (Wildman–Crippen MR) is 81.7 cm³/mol. The molecule has 1 aliphatic rings. The minimum absolute atomic E-state index is 0.154. The second-order valence-electron chi connectivity index (χ2n) is 3.43. The summed E-state index contributed by atoms with van der Waals surface area (Å²) in [5.74, 6) is -0.695.